The second kappa shape index (κ2) is 10.1. The first kappa shape index (κ1) is 26.9. The van der Waals surface area contributed by atoms with Crippen molar-refractivity contribution in [3.8, 4) is 5.75 Å². The Morgan fingerprint density at radius 2 is 1.82 bits per heavy atom. The molecule has 1 aliphatic heterocycles. The van der Waals surface area contributed by atoms with Gasteiger partial charge in [-0.05, 0) is 74.8 Å². The van der Waals surface area contributed by atoms with Crippen LogP contribution in [-0.2, 0) is 22.7 Å². The molecule has 2 saturated carbocycles. The van der Waals surface area contributed by atoms with Crippen molar-refractivity contribution in [1.82, 2.24) is 14.6 Å². The number of pyridine rings is 1. The topological polar surface area (TPSA) is 88.6 Å². The summed E-state index contributed by atoms with van der Waals surface area (Å²) in [5, 5.41) is 0. The predicted molar refractivity (Wildman–Crippen MR) is 131 cm³/mol. The molecule has 2 heterocycles. The molecule has 1 aromatic heterocycles. The van der Waals surface area contributed by atoms with E-state index in [9.17, 15) is 30.8 Å². The van der Waals surface area contributed by atoms with Crippen LogP contribution in [0.3, 0.4) is 0 Å². The van der Waals surface area contributed by atoms with Gasteiger partial charge in [-0.2, -0.15) is 13.2 Å². The van der Waals surface area contributed by atoms with Crippen LogP contribution >= 0.6 is 0 Å². The van der Waals surface area contributed by atoms with E-state index in [-0.39, 0.29) is 30.0 Å². The number of rotatable bonds is 8. The molecule has 1 saturated heterocycles. The molecule has 1 amide bonds. The van der Waals surface area contributed by atoms with Gasteiger partial charge < -0.3 is 4.74 Å². The summed E-state index contributed by atoms with van der Waals surface area (Å²) in [6, 6.07) is 4.74. The normalized spacial score (nSPS) is 20.8. The number of benzene rings is 1. The first-order chi connectivity index (χ1) is 17.9. The molecule has 3 fully saturated rings. The number of hydrogen-bond donors (Lipinski definition) is 1. The van der Waals surface area contributed by atoms with Crippen LogP contribution in [0.15, 0.2) is 24.3 Å². The number of carbonyl (C=O) groups excluding carboxylic acids is 1. The van der Waals surface area contributed by atoms with Crippen molar-refractivity contribution in [3.63, 3.8) is 0 Å². The van der Waals surface area contributed by atoms with E-state index in [1.807, 2.05) is 4.90 Å². The molecule has 12 heteroatoms. The third kappa shape index (κ3) is 6.63. The predicted octanol–water partition coefficient (Wildman–Crippen LogP) is 4.73. The Labute approximate surface area is 218 Å². The van der Waals surface area contributed by atoms with E-state index in [1.165, 1.54) is 6.07 Å². The fourth-order valence-electron chi connectivity index (χ4n) is 4.89. The molecule has 1 aromatic carbocycles. The average Bonchev–Trinajstić information content (AvgIpc) is 3.71. The SMILES string of the molecule is CS(=O)(=O)NC(=O)c1cc(C2CC2)c(O[C@@H]2CCCN(Cc3cc(C(F)(F)F)cc(C4CC4)n3)C2)cc1F. The number of halogens is 4. The molecule has 1 N–H and O–H groups in total. The Morgan fingerprint density at radius 1 is 1.11 bits per heavy atom. The highest BCUT2D eigenvalue weighted by atomic mass is 32.2. The number of hydrogen-bond acceptors (Lipinski definition) is 6. The van der Waals surface area contributed by atoms with Crippen molar-refractivity contribution in [2.75, 3.05) is 19.3 Å². The summed E-state index contributed by atoms with van der Waals surface area (Å²) in [5.41, 5.74) is 0.462. The summed E-state index contributed by atoms with van der Waals surface area (Å²) in [6.45, 7) is 1.35. The molecular weight excluding hydrogens is 526 g/mol. The second-order valence-electron chi connectivity index (χ2n) is 10.5. The van der Waals surface area contributed by atoms with Crippen molar-refractivity contribution >= 4 is 15.9 Å². The summed E-state index contributed by atoms with van der Waals surface area (Å²) in [6.07, 6.45) is 0.861. The number of piperidine rings is 1. The minimum atomic E-state index is -4.44. The average molecular weight is 556 g/mol. The third-order valence-corrected chi connectivity index (χ3v) is 7.56. The lowest BCUT2D eigenvalue weighted by atomic mass is 10.0. The maximum atomic E-state index is 14.9. The minimum Gasteiger partial charge on any atom is -0.489 e. The number of nitrogens with one attached hydrogen (secondary N) is 1. The van der Waals surface area contributed by atoms with Crippen molar-refractivity contribution in [2.45, 2.75) is 69.2 Å². The molecule has 38 heavy (non-hydrogen) atoms. The number of likely N-dealkylation sites (tertiary alicyclic amines) is 1. The van der Waals surface area contributed by atoms with E-state index < -0.39 is 33.5 Å². The lowest BCUT2D eigenvalue weighted by Crippen LogP contribution is -2.41. The summed E-state index contributed by atoms with van der Waals surface area (Å²) >= 11 is 0. The lowest BCUT2D eigenvalue weighted by Gasteiger charge is -2.33. The van der Waals surface area contributed by atoms with Gasteiger partial charge in [0.05, 0.1) is 23.1 Å². The quantitative estimate of drug-likeness (QED) is 0.474. The zero-order valence-corrected chi connectivity index (χ0v) is 21.7. The number of sulfonamides is 1. The maximum Gasteiger partial charge on any atom is 0.416 e. The Balaban J connectivity index is 1.31. The van der Waals surface area contributed by atoms with Gasteiger partial charge in [-0.3, -0.25) is 14.7 Å². The summed E-state index contributed by atoms with van der Waals surface area (Å²) < 4.78 is 86.1. The van der Waals surface area contributed by atoms with E-state index >= 15 is 0 Å². The summed E-state index contributed by atoms with van der Waals surface area (Å²) in [5.74, 6) is -1.45. The first-order valence-corrected chi connectivity index (χ1v) is 14.6. The number of amides is 1. The Kier molecular flexibility index (Phi) is 7.14. The van der Waals surface area contributed by atoms with Gasteiger partial charge in [0.2, 0.25) is 10.0 Å². The highest BCUT2D eigenvalue weighted by Crippen LogP contribution is 2.46. The van der Waals surface area contributed by atoms with Crippen molar-refractivity contribution in [2.24, 2.45) is 0 Å². The molecular formula is C26H29F4N3O4S. The zero-order chi connectivity index (χ0) is 27.2. The highest BCUT2D eigenvalue weighted by Gasteiger charge is 2.35. The van der Waals surface area contributed by atoms with E-state index in [1.54, 1.807) is 4.72 Å². The molecule has 7 nitrogen and oxygen atoms in total. The second-order valence-corrected chi connectivity index (χ2v) is 12.3. The lowest BCUT2D eigenvalue weighted by molar-refractivity contribution is -0.137. The summed E-state index contributed by atoms with van der Waals surface area (Å²) in [4.78, 5) is 18.8. The van der Waals surface area contributed by atoms with Crippen LogP contribution in [0.5, 0.6) is 5.75 Å². The first-order valence-electron chi connectivity index (χ1n) is 12.7. The largest absolute Gasteiger partial charge is 0.489 e. The number of aromatic nitrogens is 1. The zero-order valence-electron chi connectivity index (χ0n) is 20.9. The molecule has 2 aromatic rings. The Hall–Kier alpha value is -2.73. The van der Waals surface area contributed by atoms with E-state index in [0.717, 1.165) is 56.6 Å². The van der Waals surface area contributed by atoms with Crippen molar-refractivity contribution in [1.29, 1.82) is 0 Å². The van der Waals surface area contributed by atoms with Gasteiger partial charge in [-0.1, -0.05) is 0 Å². The molecule has 206 valence electrons. The smallest absolute Gasteiger partial charge is 0.416 e. The van der Waals surface area contributed by atoms with Crippen LogP contribution in [-0.4, -0.2) is 49.7 Å². The fourth-order valence-corrected chi connectivity index (χ4v) is 5.34. The maximum absolute atomic E-state index is 14.9. The highest BCUT2D eigenvalue weighted by molar-refractivity contribution is 7.89. The van der Waals surface area contributed by atoms with E-state index in [0.29, 0.717) is 42.2 Å². The monoisotopic (exact) mass is 555 g/mol. The fraction of sp³-hybridized carbons (Fsp3) is 0.538. The van der Waals surface area contributed by atoms with Gasteiger partial charge in [-0.15, -0.1) is 0 Å². The Bertz CT molecular complexity index is 1340. The molecule has 0 radical (unpaired) electrons. The molecule has 0 spiro atoms. The standard InChI is InChI=1S/C26H29F4N3O4S/c1-38(35,36)32-25(34)21-11-20(15-4-5-15)24(12-22(21)27)37-19-3-2-8-33(14-19)13-18-9-17(26(28,29)30)10-23(31-18)16-6-7-16/h9-12,15-16,19H,2-8,13-14H2,1H3,(H,32,34)/t19-/m1/s1. The van der Waals surface area contributed by atoms with Crippen LogP contribution in [0.1, 0.15) is 83.2 Å². The van der Waals surface area contributed by atoms with E-state index in [2.05, 4.69) is 4.98 Å². The van der Waals surface area contributed by atoms with Crippen LogP contribution in [0.25, 0.3) is 0 Å². The molecule has 2 aliphatic carbocycles. The molecule has 0 bridgehead atoms. The van der Waals surface area contributed by atoms with Gasteiger partial charge in [0.25, 0.3) is 5.91 Å². The number of ether oxygens (including phenoxy) is 1. The minimum absolute atomic E-state index is 0.0882. The van der Waals surface area contributed by atoms with Crippen LogP contribution in [0.4, 0.5) is 17.6 Å². The molecule has 0 unspecified atom stereocenters. The van der Waals surface area contributed by atoms with Gasteiger partial charge >= 0.3 is 6.18 Å². The number of alkyl halides is 3. The summed E-state index contributed by atoms with van der Waals surface area (Å²) in [7, 11) is -3.86. The molecule has 5 rings (SSSR count). The molecule has 3 aliphatic rings. The van der Waals surface area contributed by atoms with Crippen LogP contribution < -0.4 is 9.46 Å². The van der Waals surface area contributed by atoms with Crippen molar-refractivity contribution < 1.29 is 35.5 Å². The number of carbonyl (C=O) groups is 1. The van der Waals surface area contributed by atoms with Crippen LogP contribution in [0.2, 0.25) is 0 Å². The van der Waals surface area contributed by atoms with E-state index in [4.69, 9.17) is 4.74 Å². The molecule has 1 atom stereocenters. The Morgan fingerprint density at radius 3 is 2.45 bits per heavy atom. The van der Waals surface area contributed by atoms with Gasteiger partial charge in [0.15, 0.2) is 0 Å². The third-order valence-electron chi connectivity index (χ3n) is 7.00. The number of nitrogens with zero attached hydrogens (tertiary/aromatic N) is 2. The van der Waals surface area contributed by atoms with Gasteiger partial charge in [-0.25, -0.2) is 17.5 Å². The van der Waals surface area contributed by atoms with Crippen molar-refractivity contribution in [3.05, 3.63) is 58.2 Å². The van der Waals surface area contributed by atoms with Gasteiger partial charge in [0, 0.05) is 30.8 Å². The van der Waals surface area contributed by atoms with Gasteiger partial charge in [0.1, 0.15) is 17.7 Å². The van der Waals surface area contributed by atoms with Crippen LogP contribution in [0, 0.1) is 5.82 Å².